The van der Waals surface area contributed by atoms with E-state index in [0.29, 0.717) is 37.0 Å². The monoisotopic (exact) mass is 660 g/mol. The Bertz CT molecular complexity index is 1560. The van der Waals surface area contributed by atoms with Gasteiger partial charge in [0, 0.05) is 37.0 Å². The largest absolute Gasteiger partial charge is 0.483 e. The SMILES string of the molecule is CC(=CC1CC(C)=CC(=O)O1)CCCC1CCC(CCCC(C)=CC2CC(C)=CC(=O)O2)(C2=CC(=O)C(C)(C)O2)C2=C1OC(C)(C)C2=O. The summed E-state index contributed by atoms with van der Waals surface area (Å²) in [7, 11) is 0. The standard InChI is InChI=1S/C40H52O8/c1-24(17-29-19-26(3)21-33(42)45-29)11-9-13-28-14-16-40(32-23-31(41)38(5,6)47-32,35-36(28)48-39(7,8)37(35)44)15-10-12-25(2)18-30-20-27(4)22-34(43)46-30/h17-18,21-23,28-30H,9-16,19-20H2,1-8H3. The highest BCUT2D eigenvalue weighted by atomic mass is 16.5. The molecule has 0 amide bonds. The maximum atomic E-state index is 14.2. The number of carbonyl (C=O) groups is 4. The van der Waals surface area contributed by atoms with Crippen LogP contribution < -0.4 is 0 Å². The second-order valence-electron chi connectivity index (χ2n) is 15.6. The molecule has 5 aliphatic rings. The first-order valence-electron chi connectivity index (χ1n) is 17.5. The molecule has 8 heteroatoms. The van der Waals surface area contributed by atoms with E-state index >= 15 is 0 Å². The first-order valence-corrected chi connectivity index (χ1v) is 17.5. The molecule has 0 spiro atoms. The van der Waals surface area contributed by atoms with Gasteiger partial charge in [-0.05, 0) is 119 Å². The van der Waals surface area contributed by atoms with E-state index in [0.717, 1.165) is 61.0 Å². The molecule has 0 aromatic heterocycles. The van der Waals surface area contributed by atoms with E-state index in [1.54, 1.807) is 26.0 Å². The van der Waals surface area contributed by atoms with E-state index < -0.39 is 16.6 Å². The zero-order valence-corrected chi connectivity index (χ0v) is 30.0. The van der Waals surface area contributed by atoms with Crippen LogP contribution in [-0.2, 0) is 38.1 Å². The normalized spacial score (nSPS) is 30.2. The number of rotatable bonds is 11. The summed E-state index contributed by atoms with van der Waals surface area (Å²) in [6, 6.07) is 0. The minimum Gasteiger partial charge on any atom is -0.483 e. The van der Waals surface area contributed by atoms with Crippen LogP contribution >= 0.6 is 0 Å². The zero-order valence-electron chi connectivity index (χ0n) is 30.0. The van der Waals surface area contributed by atoms with E-state index in [9.17, 15) is 19.2 Å². The second kappa shape index (κ2) is 13.7. The molecule has 1 aliphatic carbocycles. The second-order valence-corrected chi connectivity index (χ2v) is 15.6. The van der Waals surface area contributed by atoms with E-state index in [1.165, 1.54) is 11.6 Å². The molecule has 0 bridgehead atoms. The Hall–Kier alpha value is -3.68. The number of Topliss-reactive ketones (excluding diaryl/α,β-unsaturated/α-hetero) is 1. The molecule has 4 aliphatic heterocycles. The van der Waals surface area contributed by atoms with Crippen molar-refractivity contribution in [2.45, 2.75) is 143 Å². The first kappa shape index (κ1) is 35.6. The lowest BCUT2D eigenvalue weighted by molar-refractivity contribution is -0.143. The van der Waals surface area contributed by atoms with Crippen LogP contribution in [-0.4, -0.2) is 46.9 Å². The number of hydrogen-bond donors (Lipinski definition) is 0. The van der Waals surface area contributed by atoms with E-state index in [-0.39, 0.29) is 41.6 Å². The summed E-state index contributed by atoms with van der Waals surface area (Å²) in [6.45, 7) is 15.2. The van der Waals surface area contributed by atoms with Crippen molar-refractivity contribution >= 4 is 23.5 Å². The molecule has 0 aromatic carbocycles. The van der Waals surface area contributed by atoms with Crippen molar-refractivity contribution in [3.63, 3.8) is 0 Å². The quantitative estimate of drug-likeness (QED) is 0.162. The van der Waals surface area contributed by atoms with Crippen LogP contribution in [0.5, 0.6) is 0 Å². The summed E-state index contributed by atoms with van der Waals surface area (Å²) in [5.41, 5.74) is 2.24. The van der Waals surface area contributed by atoms with Gasteiger partial charge in [0.25, 0.3) is 0 Å². The Balaban J connectivity index is 1.36. The van der Waals surface area contributed by atoms with E-state index in [1.807, 2.05) is 40.7 Å². The van der Waals surface area contributed by atoms with Crippen LogP contribution in [0.4, 0.5) is 0 Å². The van der Waals surface area contributed by atoms with Crippen molar-refractivity contribution < 1.29 is 38.1 Å². The molecule has 0 aromatic rings. The van der Waals surface area contributed by atoms with Gasteiger partial charge in [-0.1, -0.05) is 22.3 Å². The smallest absolute Gasteiger partial charge is 0.331 e. The predicted molar refractivity (Wildman–Crippen MR) is 182 cm³/mol. The molecule has 0 saturated heterocycles. The first-order chi connectivity index (χ1) is 22.5. The van der Waals surface area contributed by atoms with Gasteiger partial charge >= 0.3 is 11.9 Å². The lowest BCUT2D eigenvalue weighted by Crippen LogP contribution is -2.39. The third kappa shape index (κ3) is 7.63. The molecule has 0 radical (unpaired) electrons. The number of ketones is 2. The van der Waals surface area contributed by atoms with Gasteiger partial charge in [0.2, 0.25) is 11.6 Å². The Kier molecular flexibility index (Phi) is 10.1. The van der Waals surface area contributed by atoms with Crippen molar-refractivity contribution in [2.75, 3.05) is 0 Å². The maximum absolute atomic E-state index is 14.2. The molecule has 4 unspecified atom stereocenters. The molecular weight excluding hydrogens is 608 g/mol. The number of carbonyl (C=O) groups excluding carboxylic acids is 4. The summed E-state index contributed by atoms with van der Waals surface area (Å²) in [5, 5.41) is 0. The van der Waals surface area contributed by atoms with Crippen LogP contribution in [0, 0.1) is 11.3 Å². The van der Waals surface area contributed by atoms with Crippen molar-refractivity contribution in [2.24, 2.45) is 11.3 Å². The summed E-state index contributed by atoms with van der Waals surface area (Å²) in [6.07, 6.45) is 15.9. The minimum atomic E-state index is -1.00. The minimum absolute atomic E-state index is 0.0360. The number of esters is 2. The van der Waals surface area contributed by atoms with Crippen LogP contribution in [0.1, 0.15) is 120 Å². The molecule has 260 valence electrons. The molecule has 0 N–H and O–H groups in total. The molecule has 48 heavy (non-hydrogen) atoms. The van der Waals surface area contributed by atoms with Gasteiger partial charge in [-0.2, -0.15) is 0 Å². The molecular formula is C40H52O8. The molecule has 0 fully saturated rings. The fraction of sp³-hybridized carbons (Fsp3) is 0.600. The van der Waals surface area contributed by atoms with E-state index in [4.69, 9.17) is 18.9 Å². The Morgan fingerprint density at radius 3 is 1.88 bits per heavy atom. The fourth-order valence-corrected chi connectivity index (χ4v) is 7.87. The molecule has 4 atom stereocenters. The van der Waals surface area contributed by atoms with Crippen LogP contribution in [0.3, 0.4) is 0 Å². The van der Waals surface area contributed by atoms with Gasteiger partial charge < -0.3 is 18.9 Å². The highest BCUT2D eigenvalue weighted by Crippen LogP contribution is 2.58. The van der Waals surface area contributed by atoms with Gasteiger partial charge in [0.1, 0.15) is 23.7 Å². The van der Waals surface area contributed by atoms with Crippen LogP contribution in [0.2, 0.25) is 0 Å². The fourth-order valence-electron chi connectivity index (χ4n) is 7.87. The van der Waals surface area contributed by atoms with Crippen molar-refractivity contribution in [3.05, 3.63) is 69.8 Å². The van der Waals surface area contributed by atoms with Gasteiger partial charge in [-0.3, -0.25) is 9.59 Å². The summed E-state index contributed by atoms with van der Waals surface area (Å²) in [5.74, 6) is 0.680. The van der Waals surface area contributed by atoms with Crippen molar-refractivity contribution in [3.8, 4) is 0 Å². The van der Waals surface area contributed by atoms with Crippen LogP contribution in [0.25, 0.3) is 0 Å². The molecule has 5 rings (SSSR count). The summed E-state index contributed by atoms with van der Waals surface area (Å²) < 4.78 is 23.9. The lowest BCUT2D eigenvalue weighted by atomic mass is 9.63. The Labute approximate surface area is 285 Å². The van der Waals surface area contributed by atoms with Gasteiger partial charge in [0.15, 0.2) is 11.2 Å². The zero-order chi connectivity index (χ0) is 35.0. The molecule has 8 nitrogen and oxygen atoms in total. The average molecular weight is 661 g/mol. The third-order valence-corrected chi connectivity index (χ3v) is 10.4. The van der Waals surface area contributed by atoms with Crippen molar-refractivity contribution in [1.82, 2.24) is 0 Å². The van der Waals surface area contributed by atoms with Crippen molar-refractivity contribution in [1.29, 1.82) is 0 Å². The summed E-state index contributed by atoms with van der Waals surface area (Å²) >= 11 is 0. The number of ether oxygens (including phenoxy) is 4. The predicted octanol–water partition coefficient (Wildman–Crippen LogP) is 8.03. The maximum Gasteiger partial charge on any atom is 0.331 e. The average Bonchev–Trinajstić information content (AvgIpc) is 3.38. The highest BCUT2D eigenvalue weighted by molar-refractivity contribution is 6.06. The van der Waals surface area contributed by atoms with Gasteiger partial charge in [-0.15, -0.1) is 0 Å². The van der Waals surface area contributed by atoms with E-state index in [2.05, 4.69) is 13.0 Å². The number of hydrogen-bond acceptors (Lipinski definition) is 8. The summed E-state index contributed by atoms with van der Waals surface area (Å²) in [4.78, 5) is 51.1. The highest BCUT2D eigenvalue weighted by Gasteiger charge is 2.58. The topological polar surface area (TPSA) is 105 Å². The lowest BCUT2D eigenvalue weighted by Gasteiger charge is -2.41. The Morgan fingerprint density at radius 2 is 1.35 bits per heavy atom. The number of cyclic esters (lactones) is 2. The Morgan fingerprint density at radius 1 is 0.792 bits per heavy atom. The van der Waals surface area contributed by atoms with Crippen LogP contribution in [0.15, 0.2) is 69.8 Å². The van der Waals surface area contributed by atoms with Gasteiger partial charge in [-0.25, -0.2) is 9.59 Å². The van der Waals surface area contributed by atoms with Gasteiger partial charge in [0.05, 0.1) is 11.0 Å². The molecule has 0 saturated carbocycles. The third-order valence-electron chi connectivity index (χ3n) is 10.4. The molecule has 4 heterocycles. The number of allylic oxidation sites excluding steroid dienone is 4.